The maximum Gasteiger partial charge on any atom is 0.269 e. The van der Waals surface area contributed by atoms with Crippen LogP contribution < -0.4 is 10.0 Å². The molecule has 1 aromatic carbocycles. The van der Waals surface area contributed by atoms with E-state index in [2.05, 4.69) is 20.2 Å². The summed E-state index contributed by atoms with van der Waals surface area (Å²) in [5, 5.41) is 9.86. The van der Waals surface area contributed by atoms with Gasteiger partial charge in [0.05, 0.1) is 6.61 Å². The zero-order valence-corrected chi connectivity index (χ0v) is 13.3. The minimum Gasteiger partial charge on any atom is -0.383 e. The topological polar surface area (TPSA) is 110 Å². The summed E-state index contributed by atoms with van der Waals surface area (Å²) in [6, 6.07) is 8.52. The molecule has 0 saturated heterocycles. The van der Waals surface area contributed by atoms with E-state index in [1.54, 1.807) is 30.3 Å². The lowest BCUT2D eigenvalue weighted by Gasteiger charge is -2.01. The minimum absolute atomic E-state index is 0.112. The minimum atomic E-state index is -3.75. The van der Waals surface area contributed by atoms with Crippen LogP contribution in [0.2, 0.25) is 0 Å². The van der Waals surface area contributed by atoms with E-state index in [-0.39, 0.29) is 28.5 Å². The number of benzene rings is 1. The summed E-state index contributed by atoms with van der Waals surface area (Å²) in [6.45, 7) is 0.375. The van der Waals surface area contributed by atoms with Crippen LogP contribution in [0.15, 0.2) is 34.7 Å². The Labute approximate surface area is 131 Å². The molecule has 8 nitrogen and oxygen atoms in total. The molecule has 2 aromatic rings. The molecule has 0 atom stereocenters. The second-order valence-corrected chi connectivity index (χ2v) is 7.00. The van der Waals surface area contributed by atoms with Gasteiger partial charge in [-0.2, -0.15) is 0 Å². The average molecular weight is 342 g/mol. The molecule has 0 aliphatic rings. The summed E-state index contributed by atoms with van der Waals surface area (Å²) in [5.74, 6) is -0.381. The molecule has 1 heterocycles. The lowest BCUT2D eigenvalue weighted by molar-refractivity contribution is 0.102. The highest BCUT2D eigenvalue weighted by Crippen LogP contribution is 2.20. The molecule has 0 bridgehead atoms. The Morgan fingerprint density at radius 3 is 2.68 bits per heavy atom. The van der Waals surface area contributed by atoms with Crippen LogP contribution in [0.25, 0.3) is 0 Å². The molecule has 1 aromatic heterocycles. The molecule has 0 spiro atoms. The predicted molar refractivity (Wildman–Crippen MR) is 81.4 cm³/mol. The van der Waals surface area contributed by atoms with Crippen molar-refractivity contribution in [3.8, 4) is 0 Å². The maximum absolute atomic E-state index is 11.9. The first-order valence-corrected chi connectivity index (χ1v) is 8.51. The third-order valence-corrected chi connectivity index (χ3v) is 5.16. The number of hydrogen-bond donors (Lipinski definition) is 2. The molecule has 1 amide bonds. The average Bonchev–Trinajstić information content (AvgIpc) is 2.98. The molecule has 0 unspecified atom stereocenters. The van der Waals surface area contributed by atoms with E-state index in [0.29, 0.717) is 5.56 Å². The highest BCUT2D eigenvalue weighted by Gasteiger charge is 2.20. The van der Waals surface area contributed by atoms with Crippen molar-refractivity contribution >= 4 is 32.4 Å². The number of sulfonamides is 1. The summed E-state index contributed by atoms with van der Waals surface area (Å²) >= 11 is 0.775. The monoisotopic (exact) mass is 342 g/mol. The van der Waals surface area contributed by atoms with Crippen molar-refractivity contribution in [3.63, 3.8) is 0 Å². The van der Waals surface area contributed by atoms with Crippen LogP contribution in [0.4, 0.5) is 5.13 Å². The number of amides is 1. The van der Waals surface area contributed by atoms with E-state index < -0.39 is 10.0 Å². The van der Waals surface area contributed by atoms with Gasteiger partial charge in [-0.05, 0) is 12.1 Å². The maximum atomic E-state index is 11.9. The summed E-state index contributed by atoms with van der Waals surface area (Å²) < 4.78 is 30.7. The lowest BCUT2D eigenvalue weighted by Crippen LogP contribution is -2.27. The highest BCUT2D eigenvalue weighted by molar-refractivity contribution is 7.91. The van der Waals surface area contributed by atoms with E-state index in [4.69, 9.17) is 4.74 Å². The quantitative estimate of drug-likeness (QED) is 0.566. The van der Waals surface area contributed by atoms with Crippen molar-refractivity contribution in [1.82, 2.24) is 14.9 Å². The van der Waals surface area contributed by atoms with E-state index >= 15 is 0 Å². The van der Waals surface area contributed by atoms with E-state index in [1.807, 2.05) is 0 Å². The standard InChI is InChI=1S/C12H14N4O4S2/c1-20-8-7-13-22(18,19)12-16-15-11(21-12)14-10(17)9-5-3-2-4-6-9/h2-6,13H,7-8H2,1H3,(H,14,15,17). The Hall–Kier alpha value is -1.88. The largest absolute Gasteiger partial charge is 0.383 e. The number of aromatic nitrogens is 2. The van der Waals surface area contributed by atoms with Gasteiger partial charge in [-0.1, -0.05) is 29.5 Å². The molecule has 2 rings (SSSR count). The van der Waals surface area contributed by atoms with Crippen molar-refractivity contribution in [3.05, 3.63) is 35.9 Å². The first-order chi connectivity index (χ1) is 10.5. The van der Waals surface area contributed by atoms with Gasteiger partial charge in [-0.15, -0.1) is 10.2 Å². The van der Waals surface area contributed by atoms with Crippen LogP contribution in [-0.4, -0.2) is 44.8 Å². The first kappa shape index (κ1) is 16.5. The van der Waals surface area contributed by atoms with Crippen molar-refractivity contribution in [2.45, 2.75) is 4.34 Å². The van der Waals surface area contributed by atoms with Crippen molar-refractivity contribution < 1.29 is 17.9 Å². The summed E-state index contributed by atoms with van der Waals surface area (Å²) in [6.07, 6.45) is 0. The molecule has 0 saturated carbocycles. The van der Waals surface area contributed by atoms with Crippen LogP contribution in [0.3, 0.4) is 0 Å². The fraction of sp³-hybridized carbons (Fsp3) is 0.250. The number of ether oxygens (including phenoxy) is 1. The molecular weight excluding hydrogens is 328 g/mol. The Kier molecular flexibility index (Phi) is 5.55. The van der Waals surface area contributed by atoms with Crippen LogP contribution in [0.1, 0.15) is 10.4 Å². The predicted octanol–water partition coefficient (Wildman–Crippen LogP) is 0.715. The molecule has 0 aliphatic heterocycles. The number of nitrogens with zero attached hydrogens (tertiary/aromatic N) is 2. The molecule has 118 valence electrons. The highest BCUT2D eigenvalue weighted by atomic mass is 32.2. The second-order valence-electron chi connectivity index (χ2n) is 4.08. The lowest BCUT2D eigenvalue weighted by atomic mass is 10.2. The number of hydrogen-bond acceptors (Lipinski definition) is 7. The normalized spacial score (nSPS) is 11.3. The van der Waals surface area contributed by atoms with Gasteiger partial charge in [-0.25, -0.2) is 13.1 Å². The Bertz CT molecular complexity index is 731. The molecular formula is C12H14N4O4S2. The third-order valence-electron chi connectivity index (χ3n) is 2.49. The van der Waals surface area contributed by atoms with E-state index in [9.17, 15) is 13.2 Å². The fourth-order valence-corrected chi connectivity index (χ4v) is 3.42. The molecule has 2 N–H and O–H groups in total. The summed E-state index contributed by atoms with van der Waals surface area (Å²) in [4.78, 5) is 11.9. The van der Waals surface area contributed by atoms with Crippen molar-refractivity contribution in [2.24, 2.45) is 0 Å². The van der Waals surface area contributed by atoms with E-state index in [1.165, 1.54) is 7.11 Å². The summed E-state index contributed by atoms with van der Waals surface area (Å²) in [7, 11) is -2.28. The van der Waals surface area contributed by atoms with E-state index in [0.717, 1.165) is 11.3 Å². The zero-order chi connectivity index (χ0) is 16.0. The molecule has 10 heteroatoms. The van der Waals surface area contributed by atoms with Gasteiger partial charge in [0.25, 0.3) is 15.9 Å². The number of nitrogens with one attached hydrogen (secondary N) is 2. The zero-order valence-electron chi connectivity index (χ0n) is 11.6. The van der Waals surface area contributed by atoms with Gasteiger partial charge >= 0.3 is 0 Å². The molecule has 0 radical (unpaired) electrons. The molecule has 0 fully saturated rings. The number of anilines is 1. The van der Waals surface area contributed by atoms with Crippen LogP contribution in [0, 0.1) is 0 Å². The number of methoxy groups -OCH3 is 1. The van der Waals surface area contributed by atoms with Crippen LogP contribution in [-0.2, 0) is 14.8 Å². The van der Waals surface area contributed by atoms with Crippen molar-refractivity contribution in [2.75, 3.05) is 25.6 Å². The number of carbonyl (C=O) groups excluding carboxylic acids is 1. The van der Waals surface area contributed by atoms with Gasteiger partial charge in [0.1, 0.15) is 0 Å². The van der Waals surface area contributed by atoms with Gasteiger partial charge in [0.15, 0.2) is 0 Å². The molecule has 22 heavy (non-hydrogen) atoms. The first-order valence-electron chi connectivity index (χ1n) is 6.21. The van der Waals surface area contributed by atoms with Crippen LogP contribution in [0.5, 0.6) is 0 Å². The van der Waals surface area contributed by atoms with Crippen LogP contribution >= 0.6 is 11.3 Å². The SMILES string of the molecule is COCCNS(=O)(=O)c1nnc(NC(=O)c2ccccc2)s1. The second kappa shape index (κ2) is 7.40. The Morgan fingerprint density at radius 1 is 1.27 bits per heavy atom. The smallest absolute Gasteiger partial charge is 0.269 e. The van der Waals surface area contributed by atoms with Gasteiger partial charge in [0.2, 0.25) is 9.47 Å². The number of carbonyl (C=O) groups is 1. The Balaban J connectivity index is 2.04. The molecule has 0 aliphatic carbocycles. The van der Waals surface area contributed by atoms with Gasteiger partial charge in [-0.3, -0.25) is 10.1 Å². The van der Waals surface area contributed by atoms with Crippen molar-refractivity contribution in [1.29, 1.82) is 0 Å². The summed E-state index contributed by atoms with van der Waals surface area (Å²) in [5.41, 5.74) is 0.445. The number of rotatable bonds is 7. The Morgan fingerprint density at radius 2 is 2.00 bits per heavy atom. The van der Waals surface area contributed by atoms with Gasteiger partial charge in [0, 0.05) is 19.2 Å². The fourth-order valence-electron chi connectivity index (χ4n) is 1.47. The third kappa shape index (κ3) is 4.31. The van der Waals surface area contributed by atoms with Gasteiger partial charge < -0.3 is 4.74 Å².